The SMILES string of the molecule is COC(=O)[C@@H]1C[C@@H](OC(=O)c2c(C)cc(C)cc2C)CN1. The largest absolute Gasteiger partial charge is 0.468 e. The third-order valence-electron chi connectivity index (χ3n) is 3.73. The minimum atomic E-state index is -0.395. The van der Waals surface area contributed by atoms with Gasteiger partial charge in [0.25, 0.3) is 0 Å². The van der Waals surface area contributed by atoms with Crippen LogP contribution < -0.4 is 5.32 Å². The summed E-state index contributed by atoms with van der Waals surface area (Å²) in [5.41, 5.74) is 3.55. The smallest absolute Gasteiger partial charge is 0.338 e. The number of hydrogen-bond donors (Lipinski definition) is 1. The van der Waals surface area contributed by atoms with Crippen LogP contribution in [0, 0.1) is 20.8 Å². The number of benzene rings is 1. The van der Waals surface area contributed by atoms with Gasteiger partial charge in [0.1, 0.15) is 12.1 Å². The van der Waals surface area contributed by atoms with Crippen molar-refractivity contribution in [2.45, 2.75) is 39.3 Å². The second kappa shape index (κ2) is 6.26. The number of methoxy groups -OCH3 is 1. The highest BCUT2D eigenvalue weighted by atomic mass is 16.5. The lowest BCUT2D eigenvalue weighted by Crippen LogP contribution is -2.31. The Morgan fingerprint density at radius 1 is 1.19 bits per heavy atom. The molecule has 1 N–H and O–H groups in total. The van der Waals surface area contributed by atoms with E-state index in [1.807, 2.05) is 32.9 Å². The average molecular weight is 291 g/mol. The Labute approximate surface area is 124 Å². The molecule has 1 fully saturated rings. The van der Waals surface area contributed by atoms with Gasteiger partial charge in [0, 0.05) is 13.0 Å². The first kappa shape index (κ1) is 15.5. The van der Waals surface area contributed by atoms with Crippen LogP contribution in [0.3, 0.4) is 0 Å². The Kier molecular flexibility index (Phi) is 4.63. The predicted molar refractivity (Wildman–Crippen MR) is 78.3 cm³/mol. The van der Waals surface area contributed by atoms with E-state index in [0.717, 1.165) is 16.7 Å². The zero-order valence-corrected chi connectivity index (χ0v) is 12.9. The van der Waals surface area contributed by atoms with E-state index in [1.165, 1.54) is 7.11 Å². The summed E-state index contributed by atoms with van der Waals surface area (Å²) in [7, 11) is 1.35. The summed E-state index contributed by atoms with van der Waals surface area (Å²) in [5.74, 6) is -0.654. The standard InChI is InChI=1S/C16H21NO4/c1-9-5-10(2)14(11(3)6-9)16(19)21-12-7-13(17-8-12)15(18)20-4/h5-6,12-13,17H,7-8H2,1-4H3/t12-,13+/m1/s1. The summed E-state index contributed by atoms with van der Waals surface area (Å²) in [6, 6.07) is 3.54. The number of carbonyl (C=O) groups is 2. The molecule has 0 amide bonds. The Bertz CT molecular complexity index is 544. The summed E-state index contributed by atoms with van der Waals surface area (Å²) in [6.45, 7) is 6.27. The van der Waals surface area contributed by atoms with Crippen molar-refractivity contribution in [1.29, 1.82) is 0 Å². The molecular weight excluding hydrogens is 270 g/mol. The van der Waals surface area contributed by atoms with Crippen molar-refractivity contribution >= 4 is 11.9 Å². The predicted octanol–water partition coefficient (Wildman–Crippen LogP) is 1.67. The van der Waals surface area contributed by atoms with Crippen molar-refractivity contribution in [3.63, 3.8) is 0 Å². The van der Waals surface area contributed by atoms with Gasteiger partial charge in [0.15, 0.2) is 0 Å². The van der Waals surface area contributed by atoms with E-state index in [4.69, 9.17) is 4.74 Å². The van der Waals surface area contributed by atoms with Crippen molar-refractivity contribution in [2.24, 2.45) is 0 Å². The monoisotopic (exact) mass is 291 g/mol. The summed E-state index contributed by atoms with van der Waals surface area (Å²) in [4.78, 5) is 23.8. The number of rotatable bonds is 3. The second-order valence-corrected chi connectivity index (χ2v) is 5.52. The van der Waals surface area contributed by atoms with E-state index in [9.17, 15) is 9.59 Å². The van der Waals surface area contributed by atoms with E-state index in [2.05, 4.69) is 10.1 Å². The molecule has 1 aromatic rings. The maximum Gasteiger partial charge on any atom is 0.338 e. The van der Waals surface area contributed by atoms with E-state index in [1.54, 1.807) is 0 Å². The first-order valence-electron chi connectivity index (χ1n) is 7.02. The van der Waals surface area contributed by atoms with Crippen LogP contribution in [-0.2, 0) is 14.3 Å². The van der Waals surface area contributed by atoms with Crippen LogP contribution in [0.4, 0.5) is 0 Å². The van der Waals surface area contributed by atoms with Crippen molar-refractivity contribution in [3.8, 4) is 0 Å². The normalized spacial score (nSPS) is 21.1. The van der Waals surface area contributed by atoms with Gasteiger partial charge in [-0.2, -0.15) is 0 Å². The number of carbonyl (C=O) groups excluding carboxylic acids is 2. The first-order valence-corrected chi connectivity index (χ1v) is 7.02. The molecule has 1 aliphatic heterocycles. The number of ether oxygens (including phenoxy) is 2. The van der Waals surface area contributed by atoms with Crippen LogP contribution in [0.2, 0.25) is 0 Å². The molecule has 0 aromatic heterocycles. The quantitative estimate of drug-likeness (QED) is 0.858. The van der Waals surface area contributed by atoms with Crippen molar-refractivity contribution < 1.29 is 19.1 Å². The van der Waals surface area contributed by atoms with Gasteiger partial charge in [-0.3, -0.25) is 4.79 Å². The fourth-order valence-electron chi connectivity index (χ4n) is 2.83. The number of hydrogen-bond acceptors (Lipinski definition) is 5. The van der Waals surface area contributed by atoms with Crippen molar-refractivity contribution in [2.75, 3.05) is 13.7 Å². The lowest BCUT2D eigenvalue weighted by atomic mass is 10.00. The van der Waals surface area contributed by atoms with Crippen LogP contribution in [-0.4, -0.2) is 37.7 Å². The van der Waals surface area contributed by atoms with Gasteiger partial charge in [-0.1, -0.05) is 17.7 Å². The second-order valence-electron chi connectivity index (χ2n) is 5.52. The Morgan fingerprint density at radius 2 is 1.81 bits per heavy atom. The van der Waals surface area contributed by atoms with E-state index >= 15 is 0 Å². The van der Waals surface area contributed by atoms with Crippen molar-refractivity contribution in [1.82, 2.24) is 5.32 Å². The molecule has 0 spiro atoms. The van der Waals surface area contributed by atoms with Crippen molar-refractivity contribution in [3.05, 3.63) is 34.4 Å². The van der Waals surface area contributed by atoms with E-state index in [0.29, 0.717) is 18.5 Å². The average Bonchev–Trinajstić information content (AvgIpc) is 2.85. The minimum Gasteiger partial charge on any atom is -0.468 e. The maximum atomic E-state index is 12.3. The molecule has 0 radical (unpaired) electrons. The molecular formula is C16H21NO4. The van der Waals surface area contributed by atoms with Gasteiger partial charge in [-0.15, -0.1) is 0 Å². The Morgan fingerprint density at radius 3 is 2.38 bits per heavy atom. The van der Waals surface area contributed by atoms with Gasteiger partial charge in [0.05, 0.1) is 12.7 Å². The lowest BCUT2D eigenvalue weighted by Gasteiger charge is -2.14. The van der Waals surface area contributed by atoms with E-state index < -0.39 is 6.04 Å². The molecule has 2 rings (SSSR count). The van der Waals surface area contributed by atoms with Gasteiger partial charge in [0.2, 0.25) is 0 Å². The van der Waals surface area contributed by atoms with Crippen LogP contribution in [0.15, 0.2) is 12.1 Å². The zero-order valence-electron chi connectivity index (χ0n) is 12.9. The molecule has 0 bridgehead atoms. The van der Waals surface area contributed by atoms with Crippen LogP contribution in [0.25, 0.3) is 0 Å². The molecule has 1 heterocycles. The third-order valence-corrected chi connectivity index (χ3v) is 3.73. The van der Waals surface area contributed by atoms with Gasteiger partial charge < -0.3 is 14.8 Å². The lowest BCUT2D eigenvalue weighted by molar-refractivity contribution is -0.142. The summed E-state index contributed by atoms with van der Waals surface area (Å²) < 4.78 is 10.2. The maximum absolute atomic E-state index is 12.3. The first-order chi connectivity index (χ1) is 9.92. The molecule has 1 aromatic carbocycles. The fraction of sp³-hybridized carbons (Fsp3) is 0.500. The summed E-state index contributed by atoms with van der Waals surface area (Å²) in [6.07, 6.45) is 0.143. The molecule has 0 saturated carbocycles. The minimum absolute atomic E-state index is 0.304. The molecule has 1 aliphatic rings. The molecule has 1 saturated heterocycles. The van der Waals surface area contributed by atoms with Crippen LogP contribution in [0.5, 0.6) is 0 Å². The topological polar surface area (TPSA) is 64.6 Å². The Hall–Kier alpha value is -1.88. The zero-order chi connectivity index (χ0) is 15.6. The molecule has 5 nitrogen and oxygen atoms in total. The van der Waals surface area contributed by atoms with E-state index in [-0.39, 0.29) is 18.0 Å². The highest BCUT2D eigenvalue weighted by molar-refractivity contribution is 5.93. The third kappa shape index (κ3) is 3.42. The number of nitrogens with one attached hydrogen (secondary N) is 1. The van der Waals surface area contributed by atoms with Gasteiger partial charge in [-0.05, 0) is 31.9 Å². The fourth-order valence-corrected chi connectivity index (χ4v) is 2.83. The molecule has 2 atom stereocenters. The highest BCUT2D eigenvalue weighted by Gasteiger charge is 2.33. The van der Waals surface area contributed by atoms with Crippen LogP contribution in [0.1, 0.15) is 33.5 Å². The summed E-state index contributed by atoms with van der Waals surface area (Å²) >= 11 is 0. The van der Waals surface area contributed by atoms with Crippen LogP contribution >= 0.6 is 0 Å². The highest BCUT2D eigenvalue weighted by Crippen LogP contribution is 2.20. The molecule has 0 aliphatic carbocycles. The Balaban J connectivity index is 2.05. The van der Waals surface area contributed by atoms with Gasteiger partial charge >= 0.3 is 11.9 Å². The number of esters is 2. The molecule has 21 heavy (non-hydrogen) atoms. The molecule has 5 heteroatoms. The number of aryl methyl sites for hydroxylation is 3. The van der Waals surface area contributed by atoms with Gasteiger partial charge in [-0.25, -0.2) is 4.79 Å². The molecule has 0 unspecified atom stereocenters. The molecule has 114 valence electrons. The summed E-state index contributed by atoms with van der Waals surface area (Å²) in [5, 5.41) is 3.00.